The van der Waals surface area contributed by atoms with Crippen LogP contribution in [0.4, 0.5) is 10.7 Å². The molecule has 0 atom stereocenters. The monoisotopic (exact) mass is 454 g/mol. The Hall–Kier alpha value is -3.24. The molecule has 0 aliphatic heterocycles. The number of thiazole rings is 1. The summed E-state index contributed by atoms with van der Waals surface area (Å²) in [5, 5.41) is 17.2. The number of rotatable bonds is 8. The van der Waals surface area contributed by atoms with E-state index in [0.29, 0.717) is 26.6 Å². The molecule has 1 aliphatic carbocycles. The number of nitro groups is 1. The molecule has 1 heterocycles. The second kappa shape index (κ2) is 9.27. The highest BCUT2D eigenvalue weighted by atomic mass is 32.2. The summed E-state index contributed by atoms with van der Waals surface area (Å²) in [6.45, 7) is 0. The number of aromatic nitrogens is 1. The summed E-state index contributed by atoms with van der Waals surface area (Å²) < 4.78 is 0.670. The maximum atomic E-state index is 12.7. The number of non-ortho nitro benzene ring substituents is 1. The number of nitrogens with zero attached hydrogens (tertiary/aromatic N) is 2. The van der Waals surface area contributed by atoms with Crippen LogP contribution in [0.25, 0.3) is 11.3 Å². The Morgan fingerprint density at radius 3 is 2.48 bits per heavy atom. The second-order valence-electron chi connectivity index (χ2n) is 6.91. The number of carbonyl (C=O) groups excluding carboxylic acids is 2. The Bertz CT molecular complexity index is 1110. The SMILES string of the molecule is O=C(CSc1nc(-c2ccccc2)c(NC(=O)c2ccc([N+](=O)[O-])cc2)s1)NC1CC1. The molecule has 31 heavy (non-hydrogen) atoms. The summed E-state index contributed by atoms with van der Waals surface area (Å²) in [7, 11) is 0. The van der Waals surface area contributed by atoms with Crippen molar-refractivity contribution in [2.75, 3.05) is 11.1 Å². The standard InChI is InChI=1S/C21H18N4O4S2/c26-17(22-15-8-9-15)12-30-21-23-18(13-4-2-1-3-5-13)20(31-21)24-19(27)14-6-10-16(11-7-14)25(28)29/h1-7,10-11,15H,8-9,12H2,(H,22,26)(H,24,27). The largest absolute Gasteiger partial charge is 0.353 e. The topological polar surface area (TPSA) is 114 Å². The van der Waals surface area contributed by atoms with Gasteiger partial charge in [-0.1, -0.05) is 53.4 Å². The number of hydrogen-bond acceptors (Lipinski definition) is 7. The molecule has 4 rings (SSSR count). The van der Waals surface area contributed by atoms with E-state index >= 15 is 0 Å². The highest BCUT2D eigenvalue weighted by Crippen LogP contribution is 2.38. The van der Waals surface area contributed by atoms with E-state index in [4.69, 9.17) is 0 Å². The average molecular weight is 455 g/mol. The van der Waals surface area contributed by atoms with Gasteiger partial charge >= 0.3 is 0 Å². The van der Waals surface area contributed by atoms with E-state index < -0.39 is 10.8 Å². The molecule has 2 N–H and O–H groups in total. The van der Waals surface area contributed by atoms with Crippen molar-refractivity contribution in [3.63, 3.8) is 0 Å². The first-order valence-electron chi connectivity index (χ1n) is 9.54. The molecule has 1 saturated carbocycles. The van der Waals surface area contributed by atoms with E-state index in [1.807, 2.05) is 30.3 Å². The van der Waals surface area contributed by atoms with E-state index in [-0.39, 0.29) is 17.3 Å². The zero-order valence-corrected chi connectivity index (χ0v) is 17.9. The van der Waals surface area contributed by atoms with Crippen molar-refractivity contribution in [2.45, 2.75) is 23.2 Å². The van der Waals surface area contributed by atoms with Gasteiger partial charge in [-0.3, -0.25) is 19.7 Å². The molecular formula is C21H18N4O4S2. The fourth-order valence-corrected chi connectivity index (χ4v) is 4.64. The van der Waals surface area contributed by atoms with Gasteiger partial charge in [-0.25, -0.2) is 4.98 Å². The zero-order chi connectivity index (χ0) is 21.8. The number of amides is 2. The maximum absolute atomic E-state index is 12.7. The number of carbonyl (C=O) groups is 2. The Balaban J connectivity index is 1.52. The van der Waals surface area contributed by atoms with Crippen molar-refractivity contribution >= 4 is 45.6 Å². The molecule has 10 heteroatoms. The zero-order valence-electron chi connectivity index (χ0n) is 16.2. The number of anilines is 1. The molecule has 2 aromatic carbocycles. The summed E-state index contributed by atoms with van der Waals surface area (Å²) in [5.74, 6) is -0.160. The number of thioether (sulfide) groups is 1. The van der Waals surface area contributed by atoms with Crippen LogP contribution in [0.5, 0.6) is 0 Å². The van der Waals surface area contributed by atoms with E-state index in [2.05, 4.69) is 15.6 Å². The minimum absolute atomic E-state index is 0.0274. The fourth-order valence-electron chi connectivity index (χ4n) is 2.77. The van der Waals surface area contributed by atoms with Gasteiger partial charge in [-0.05, 0) is 25.0 Å². The third-order valence-corrected chi connectivity index (χ3v) is 6.61. The summed E-state index contributed by atoms with van der Waals surface area (Å²) in [4.78, 5) is 39.6. The van der Waals surface area contributed by atoms with Gasteiger partial charge in [0, 0.05) is 29.3 Å². The van der Waals surface area contributed by atoms with Crippen LogP contribution < -0.4 is 10.6 Å². The van der Waals surface area contributed by atoms with Crippen LogP contribution in [-0.2, 0) is 4.79 Å². The first-order valence-corrected chi connectivity index (χ1v) is 11.3. The van der Waals surface area contributed by atoms with Gasteiger partial charge in [-0.2, -0.15) is 0 Å². The number of nitrogens with one attached hydrogen (secondary N) is 2. The van der Waals surface area contributed by atoms with E-state index in [9.17, 15) is 19.7 Å². The number of benzene rings is 2. The highest BCUT2D eigenvalue weighted by Gasteiger charge is 2.23. The summed E-state index contributed by atoms with van der Waals surface area (Å²) in [5.41, 5.74) is 1.68. The van der Waals surface area contributed by atoms with Crippen LogP contribution in [0.2, 0.25) is 0 Å². The maximum Gasteiger partial charge on any atom is 0.269 e. The second-order valence-corrected chi connectivity index (χ2v) is 9.13. The lowest BCUT2D eigenvalue weighted by atomic mass is 10.1. The minimum Gasteiger partial charge on any atom is -0.353 e. The summed E-state index contributed by atoms with van der Waals surface area (Å²) >= 11 is 2.62. The molecule has 0 unspecified atom stereocenters. The smallest absolute Gasteiger partial charge is 0.269 e. The van der Waals surface area contributed by atoms with Gasteiger partial charge in [-0.15, -0.1) is 0 Å². The number of hydrogen-bond donors (Lipinski definition) is 2. The van der Waals surface area contributed by atoms with Crippen molar-refractivity contribution in [3.05, 3.63) is 70.3 Å². The molecule has 1 aliphatic rings. The predicted molar refractivity (Wildman–Crippen MR) is 120 cm³/mol. The van der Waals surface area contributed by atoms with Crippen LogP contribution in [0, 0.1) is 10.1 Å². The molecule has 1 aromatic heterocycles. The Morgan fingerprint density at radius 1 is 1.13 bits per heavy atom. The summed E-state index contributed by atoms with van der Waals surface area (Å²) in [6, 6.07) is 15.2. The van der Waals surface area contributed by atoms with Gasteiger partial charge < -0.3 is 10.6 Å². The van der Waals surface area contributed by atoms with Gasteiger partial charge in [0.2, 0.25) is 5.91 Å². The molecule has 2 amide bonds. The van der Waals surface area contributed by atoms with Crippen molar-refractivity contribution in [2.24, 2.45) is 0 Å². The van der Waals surface area contributed by atoms with Crippen LogP contribution in [-0.4, -0.2) is 33.5 Å². The van der Waals surface area contributed by atoms with Crippen LogP contribution in [0.3, 0.4) is 0 Å². The van der Waals surface area contributed by atoms with E-state index in [1.54, 1.807) is 0 Å². The van der Waals surface area contributed by atoms with Crippen LogP contribution in [0.1, 0.15) is 23.2 Å². The molecule has 0 bridgehead atoms. The van der Waals surface area contributed by atoms with Crippen molar-refractivity contribution in [1.29, 1.82) is 0 Å². The highest BCUT2D eigenvalue weighted by molar-refractivity contribution is 8.01. The van der Waals surface area contributed by atoms with Crippen molar-refractivity contribution < 1.29 is 14.5 Å². The van der Waals surface area contributed by atoms with Gasteiger partial charge in [0.15, 0.2) is 4.34 Å². The van der Waals surface area contributed by atoms with Crippen molar-refractivity contribution in [3.8, 4) is 11.3 Å². The Kier molecular flexibility index (Phi) is 6.28. The van der Waals surface area contributed by atoms with Gasteiger partial charge in [0.25, 0.3) is 11.6 Å². The first kappa shape index (κ1) is 21.0. The molecule has 0 spiro atoms. The third-order valence-electron chi connectivity index (χ3n) is 4.49. The third kappa shape index (κ3) is 5.47. The quantitative estimate of drug-likeness (QED) is 0.297. The molecule has 3 aromatic rings. The number of nitro benzene ring substituents is 1. The van der Waals surface area contributed by atoms with Gasteiger partial charge in [0.1, 0.15) is 10.7 Å². The molecule has 1 fully saturated rings. The molecule has 158 valence electrons. The predicted octanol–water partition coefficient (Wildman–Crippen LogP) is 4.34. The molecule has 8 nitrogen and oxygen atoms in total. The summed E-state index contributed by atoms with van der Waals surface area (Å²) in [6.07, 6.45) is 2.06. The molecular weight excluding hydrogens is 436 g/mol. The van der Waals surface area contributed by atoms with Crippen molar-refractivity contribution in [1.82, 2.24) is 10.3 Å². The Labute approximate surface area is 186 Å². The lowest BCUT2D eigenvalue weighted by Gasteiger charge is -2.05. The van der Waals surface area contributed by atoms with Gasteiger partial charge in [0.05, 0.1) is 10.7 Å². The fraction of sp³-hybridized carbons (Fsp3) is 0.190. The lowest BCUT2D eigenvalue weighted by molar-refractivity contribution is -0.384. The normalized spacial score (nSPS) is 12.9. The lowest BCUT2D eigenvalue weighted by Crippen LogP contribution is -2.26. The molecule has 0 radical (unpaired) electrons. The minimum atomic E-state index is -0.513. The average Bonchev–Trinajstić information content (AvgIpc) is 3.50. The Morgan fingerprint density at radius 2 is 1.84 bits per heavy atom. The van der Waals surface area contributed by atoms with E-state index in [0.717, 1.165) is 18.4 Å². The van der Waals surface area contributed by atoms with E-state index in [1.165, 1.54) is 47.4 Å². The van der Waals surface area contributed by atoms with Crippen LogP contribution in [0.15, 0.2) is 58.9 Å². The van der Waals surface area contributed by atoms with Crippen LogP contribution >= 0.6 is 23.1 Å². The molecule has 0 saturated heterocycles. The first-order chi connectivity index (χ1) is 15.0.